The summed E-state index contributed by atoms with van der Waals surface area (Å²) in [6.07, 6.45) is 26.8. The van der Waals surface area contributed by atoms with Gasteiger partial charge in [-0.1, -0.05) is 39.2 Å². The summed E-state index contributed by atoms with van der Waals surface area (Å²) in [7, 11) is 20.0. The molecule has 0 amide bonds. The molecule has 7 aliphatic heterocycles. The van der Waals surface area contributed by atoms with Crippen molar-refractivity contribution in [2.45, 2.75) is 267 Å². The first-order valence-corrected chi connectivity index (χ1v) is 50.6. The van der Waals surface area contributed by atoms with E-state index in [0.717, 1.165) is 79.9 Å². The van der Waals surface area contributed by atoms with E-state index in [1.807, 2.05) is 113 Å². The van der Waals surface area contributed by atoms with Crippen molar-refractivity contribution in [3.63, 3.8) is 0 Å². The second-order valence-electron chi connectivity index (χ2n) is 38.7. The topological polar surface area (TPSA) is 273 Å². The molecule has 7 aliphatic rings. The Kier molecular flexibility index (Phi) is 51.5. The zero-order chi connectivity index (χ0) is 101. The number of nitrogens with zero attached hydrogens (tertiary/aromatic N) is 16. The summed E-state index contributed by atoms with van der Waals surface area (Å²) in [4.78, 5) is 51.4. The van der Waals surface area contributed by atoms with Gasteiger partial charge in [0.25, 0.3) is 0 Å². The van der Waals surface area contributed by atoms with Gasteiger partial charge in [0.15, 0.2) is 11.3 Å². The molecule has 8 aromatic heterocycles. The summed E-state index contributed by atoms with van der Waals surface area (Å²) in [5.74, 6) is 0.635. The van der Waals surface area contributed by atoms with Gasteiger partial charge in [0.2, 0.25) is 23.6 Å². The molecule has 752 valence electrons. The van der Waals surface area contributed by atoms with Crippen molar-refractivity contribution in [3.8, 4) is 28.8 Å². The van der Waals surface area contributed by atoms with Gasteiger partial charge in [-0.2, -0.15) is 4.39 Å². The van der Waals surface area contributed by atoms with E-state index in [9.17, 15) is 18.4 Å². The quantitative estimate of drug-likeness (QED) is 0.0354. The molecule has 0 atom stereocenters. The van der Waals surface area contributed by atoms with Gasteiger partial charge in [-0.25, -0.2) is 38.3 Å². The smallest absolute Gasteiger partial charge is 1.00 e. The van der Waals surface area contributed by atoms with Gasteiger partial charge >= 0.3 is 62.1 Å². The van der Waals surface area contributed by atoms with Crippen LogP contribution in [-0.4, -0.2) is 289 Å². The predicted octanol–water partition coefficient (Wildman–Crippen LogP) is 13.4. The number of hydrogen-bond acceptors (Lipinski definition) is 24. The van der Waals surface area contributed by atoms with Crippen molar-refractivity contribution in [2.75, 3.05) is 105 Å². The second-order valence-corrected chi connectivity index (χ2v) is 41.4. The normalized spacial score (nSPS) is 17.7. The molecule has 28 nitrogen and oxygen atoms in total. The van der Waals surface area contributed by atoms with E-state index in [4.69, 9.17) is 47.2 Å². The number of piperidine rings is 4. The van der Waals surface area contributed by atoms with Gasteiger partial charge in [0, 0.05) is 191 Å². The number of rotatable bonds is 23. The van der Waals surface area contributed by atoms with Crippen LogP contribution in [0.1, 0.15) is 234 Å². The molecule has 2 aromatic carbocycles. The summed E-state index contributed by atoms with van der Waals surface area (Å²) in [6, 6.07) is 20.1. The molecule has 141 heavy (non-hydrogen) atoms. The molecular weight excluding hydrogens is 2000 g/mol. The zero-order valence-electron chi connectivity index (χ0n) is 86.6. The average Bonchev–Trinajstić information content (AvgIpc) is 1.60. The Morgan fingerprint density at radius 2 is 0.794 bits per heavy atom. The number of aryl methyl sites for hydroxylation is 2. The summed E-state index contributed by atoms with van der Waals surface area (Å²) in [5, 5.41) is 26.4. The largest absolute Gasteiger partial charge is 1.00 e. The van der Waals surface area contributed by atoms with Crippen molar-refractivity contribution in [2.24, 2.45) is 14.1 Å². The minimum Gasteiger partial charge on any atom is -1.00 e. The maximum absolute atomic E-state index is 15.1. The zero-order valence-corrected chi connectivity index (χ0v) is 92.3. The van der Waals surface area contributed by atoms with Crippen molar-refractivity contribution >= 4 is 165 Å². The molecular formula is C97H142B9Br3F3N16NaO12. The van der Waals surface area contributed by atoms with Crippen LogP contribution in [0, 0.1) is 17.6 Å². The van der Waals surface area contributed by atoms with Crippen LogP contribution in [-0.2, 0) is 42.0 Å². The number of aliphatic hydroxyl groups is 1. The third kappa shape index (κ3) is 35.1. The van der Waals surface area contributed by atoms with E-state index in [-0.39, 0.29) is 111 Å². The minimum atomic E-state index is -0.476. The maximum atomic E-state index is 15.1. The predicted molar refractivity (Wildman–Crippen MR) is 574 cm³/mol. The van der Waals surface area contributed by atoms with Gasteiger partial charge in [-0.3, -0.25) is 18.3 Å². The van der Waals surface area contributed by atoms with Gasteiger partial charge in [0.1, 0.15) is 22.7 Å². The number of hydrogen-bond donors (Lipinski definition) is 1. The number of pyridine rings is 4. The number of halogens is 6. The summed E-state index contributed by atoms with van der Waals surface area (Å²) in [6.45, 7) is 48.8. The maximum Gasteiger partial charge on any atom is 1.00 e. The number of ether oxygens (including phenoxy) is 3. The third-order valence-corrected chi connectivity index (χ3v) is 27.8. The third-order valence-electron chi connectivity index (χ3n) is 26.2. The molecule has 0 unspecified atom stereocenters. The first-order valence-electron chi connectivity index (χ1n) is 48.2. The van der Waals surface area contributed by atoms with Gasteiger partial charge in [-0.05, 0) is 330 Å². The van der Waals surface area contributed by atoms with Crippen LogP contribution < -0.4 is 60.6 Å². The molecule has 0 spiro atoms. The van der Waals surface area contributed by atoms with Crippen LogP contribution in [0.2, 0.25) is 0 Å². The Bertz CT molecular complexity index is 5450. The number of aliphatic hydroxyl groups excluding tert-OH is 1. The van der Waals surface area contributed by atoms with Crippen molar-refractivity contribution in [1.82, 2.24) is 78.2 Å². The first-order chi connectivity index (χ1) is 65.6. The summed E-state index contributed by atoms with van der Waals surface area (Å²) in [5.41, 5.74) is 2.65. The van der Waals surface area contributed by atoms with Crippen molar-refractivity contribution < 1.29 is 91.4 Å². The minimum absolute atomic E-state index is 0. The number of benzene rings is 2. The molecule has 0 bridgehead atoms. The van der Waals surface area contributed by atoms with E-state index < -0.39 is 31.6 Å². The van der Waals surface area contributed by atoms with Gasteiger partial charge in [0.05, 0.1) is 68.9 Å². The van der Waals surface area contributed by atoms with Crippen LogP contribution in [0.4, 0.5) is 13.2 Å². The molecule has 17 rings (SSSR count). The van der Waals surface area contributed by atoms with Crippen LogP contribution in [0.25, 0.3) is 55.3 Å². The average molecular weight is 2140 g/mol. The van der Waals surface area contributed by atoms with Gasteiger partial charge < -0.3 is 68.3 Å². The van der Waals surface area contributed by atoms with E-state index in [2.05, 4.69) is 166 Å². The second kappa shape index (κ2) is 58.7. The SMILES string of the molecule is Brc1ccc(OCCCN2CCCCC2)nc1.C.CC(C)n1c(=O)n(C)c2nnc3cc(F)c(-c4ccc(OCCCN5CCCCC5)nc4)cc3c21.CC(C)n1c(=O)n(C)c2nnc3cc(F)c(Br)cc3c21.CC1(C)OB(B2OC(C)(C)C(C)(C)O2)OC1(C)C.CC1(C)OB(c2ccc(OCCCN3CCCCC3)nc2)OC1(C)C.Fc1ccc(Br)cn1.OCCCN1CCCCC1.[B].[B][B].[B][B][B].[H-].[Na+]. The summed E-state index contributed by atoms with van der Waals surface area (Å²) >= 11 is 9.64. The van der Waals surface area contributed by atoms with Crippen LogP contribution >= 0.6 is 47.8 Å². The Hall–Kier alpha value is -5.97. The molecule has 1 N–H and O–H groups in total. The molecule has 15 heterocycles. The fraction of sp³-hybridized carbons (Fsp3) is 0.608. The molecule has 0 saturated carbocycles. The molecule has 7 fully saturated rings. The number of likely N-dealkylation sites (tertiary alicyclic amines) is 4. The van der Waals surface area contributed by atoms with Crippen LogP contribution in [0.5, 0.6) is 17.6 Å². The monoisotopic (exact) mass is 2140 g/mol. The van der Waals surface area contributed by atoms with E-state index in [0.29, 0.717) is 97.2 Å². The molecule has 44 heteroatoms. The molecule has 7 saturated heterocycles. The van der Waals surface area contributed by atoms with Crippen molar-refractivity contribution in [3.05, 3.63) is 150 Å². The Balaban J connectivity index is 0.000000299. The Labute approximate surface area is 891 Å². The summed E-state index contributed by atoms with van der Waals surface area (Å²) < 4.78 is 102. The van der Waals surface area contributed by atoms with Crippen LogP contribution in [0.3, 0.4) is 0 Å². The number of imidazole rings is 2. The van der Waals surface area contributed by atoms with E-state index >= 15 is 4.39 Å². The van der Waals surface area contributed by atoms with E-state index in [1.165, 1.54) is 163 Å². The molecule has 0 aliphatic carbocycles. The fourth-order valence-corrected chi connectivity index (χ4v) is 17.2. The van der Waals surface area contributed by atoms with Gasteiger partial charge in [-0.15, -0.1) is 20.4 Å². The molecule has 12 radical (unpaired) electrons. The fourth-order valence-electron chi connectivity index (χ4n) is 16.4. The number of aromatic nitrogens is 12. The van der Waals surface area contributed by atoms with Crippen LogP contribution in [0.15, 0.2) is 121 Å². The van der Waals surface area contributed by atoms with Crippen molar-refractivity contribution in [1.29, 1.82) is 0 Å². The van der Waals surface area contributed by atoms with E-state index in [1.54, 1.807) is 66.1 Å². The Morgan fingerprint density at radius 1 is 0.461 bits per heavy atom. The number of fused-ring (bicyclic) bond motifs is 6. The standard InChI is InChI=1S/C26H31FN6O2.C19H31BN2O3.C13H12BrFN4O.C13H19BrN2O.C12H24B2O4.C8H17NO.C5H3BrFN.CH4.B3.B2.B.Na.H/c1-17(2)33-24-20-14-19(21(27)15-22(20)29-30-25(24)31(3)26(33)34)18-8-9-23(28-16-18)35-13-7-12-32-10-5-4-6-11-32;1-18(2)19(3,4)25-20(24-18)16-9-10-17(21-15-16)23-14-8-13-22-11-6-5-7-12-22;1-6(2)19-11-7-4-8(14)9(15)5-10(7)16-17-12(11)18(3)13(19)20;14-12-5-6-13(15-11-12)17-10-4-9-16-7-2-1-3-8-16;1-9(2)10(3,4)16-13(15-9)14-17-11(5,6)12(7,8)18-14;10-8-4-7-9-5-2-1-3-6-9;6-4-1-2-5(7)8-3-4;;1-3-2;1-2;;;/h8-9,14-17H,4-7,10-13H2,1-3H3;9-10,15H,5-8,11-14H2,1-4H3;4-6H,1-3H3;5-6,11H,1-4,7-10H2;1-8H3;10H,1-8H2;1-3H;1H4;;;;;/q;;;;;;;;;;;+1;-1. The Morgan fingerprint density at radius 3 is 1.12 bits per heavy atom. The first kappa shape index (κ1) is 124. The molecule has 10 aromatic rings.